The zero-order valence-corrected chi connectivity index (χ0v) is 8.95. The van der Waals surface area contributed by atoms with Crippen molar-refractivity contribution < 1.29 is 0 Å². The molecule has 0 N–H and O–H groups in total. The first-order valence-corrected chi connectivity index (χ1v) is 3.37. The highest BCUT2D eigenvalue weighted by Crippen LogP contribution is 2.19. The smallest absolute Gasteiger partial charge is 0.0449 e. The lowest BCUT2D eigenvalue weighted by Gasteiger charge is -1.94. The number of aryl methyl sites for hydroxylation is 1. The zero-order chi connectivity index (χ0) is 6.85. The van der Waals surface area contributed by atoms with E-state index in [-0.39, 0.29) is 24.8 Å². The maximum Gasteiger partial charge on any atom is 0.0449 e. The van der Waals surface area contributed by atoms with E-state index >= 15 is 0 Å². The van der Waals surface area contributed by atoms with Gasteiger partial charge in [0, 0.05) is 10.0 Å². The molecule has 0 unspecified atom stereocenters. The van der Waals surface area contributed by atoms with Crippen molar-refractivity contribution in [3.8, 4) is 0 Å². The topological polar surface area (TPSA) is 0 Å². The Kier molecular flexibility index (Phi) is 7.55. The molecule has 0 nitrogen and oxygen atoms in total. The van der Waals surface area contributed by atoms with Crippen molar-refractivity contribution in [3.63, 3.8) is 0 Å². The van der Waals surface area contributed by atoms with Crippen molar-refractivity contribution in [2.45, 2.75) is 6.92 Å². The molecule has 0 bridgehead atoms. The zero-order valence-electron chi connectivity index (χ0n) is 5.80. The first-order valence-electron chi connectivity index (χ1n) is 2.62. The Hall–Kier alpha value is 0.380. The Morgan fingerprint density at radius 2 is 1.64 bits per heavy atom. The van der Waals surface area contributed by atoms with Gasteiger partial charge in [-0.15, -0.1) is 24.8 Å². The second-order valence-electron chi connectivity index (χ2n) is 1.89. The van der Waals surface area contributed by atoms with Crippen LogP contribution in [0.15, 0.2) is 18.2 Å². The van der Waals surface area contributed by atoms with Crippen molar-refractivity contribution in [3.05, 3.63) is 33.8 Å². The van der Waals surface area contributed by atoms with Crippen LogP contribution in [-0.2, 0) is 0 Å². The normalized spacial score (nSPS) is 7.91. The minimum Gasteiger partial charge on any atom is -0.147 e. The Morgan fingerprint density at radius 3 is 2.00 bits per heavy atom. The summed E-state index contributed by atoms with van der Waals surface area (Å²) >= 11 is 11.4. The molecule has 0 heterocycles. The van der Waals surface area contributed by atoms with Crippen molar-refractivity contribution in [1.29, 1.82) is 0 Å². The molecule has 0 atom stereocenters. The standard InChI is InChI=1S/C7H6Cl2.2ClH/c1-5-2-3-6(8)4-7(5)9;;/h2-4H,1H3;2*1H. The lowest BCUT2D eigenvalue weighted by molar-refractivity contribution is 1.47. The molecule has 0 fully saturated rings. The van der Waals surface area contributed by atoms with E-state index < -0.39 is 0 Å². The lowest BCUT2D eigenvalue weighted by atomic mass is 10.2. The van der Waals surface area contributed by atoms with Gasteiger partial charge in [-0.3, -0.25) is 0 Å². The highest BCUT2D eigenvalue weighted by Gasteiger charge is 1.92. The number of halogens is 4. The van der Waals surface area contributed by atoms with Gasteiger partial charge < -0.3 is 0 Å². The van der Waals surface area contributed by atoms with Gasteiger partial charge in [0.1, 0.15) is 0 Å². The van der Waals surface area contributed by atoms with Gasteiger partial charge in [0.2, 0.25) is 0 Å². The molecule has 0 radical (unpaired) electrons. The second-order valence-corrected chi connectivity index (χ2v) is 2.74. The second kappa shape index (κ2) is 5.96. The quantitative estimate of drug-likeness (QED) is 0.632. The Labute approximate surface area is 88.7 Å². The van der Waals surface area contributed by atoms with Gasteiger partial charge in [0.05, 0.1) is 0 Å². The fourth-order valence-corrected chi connectivity index (χ4v) is 0.976. The molecule has 0 saturated heterocycles. The van der Waals surface area contributed by atoms with Gasteiger partial charge in [-0.05, 0) is 24.6 Å². The van der Waals surface area contributed by atoms with E-state index in [0.717, 1.165) is 10.6 Å². The van der Waals surface area contributed by atoms with Crippen LogP contribution in [0.4, 0.5) is 0 Å². The summed E-state index contributed by atoms with van der Waals surface area (Å²) in [6.45, 7) is 1.94. The van der Waals surface area contributed by atoms with Crippen LogP contribution in [0, 0.1) is 6.92 Å². The lowest BCUT2D eigenvalue weighted by Crippen LogP contribution is -1.71. The van der Waals surface area contributed by atoms with E-state index in [9.17, 15) is 0 Å². The van der Waals surface area contributed by atoms with Gasteiger partial charge in [0.25, 0.3) is 0 Å². The van der Waals surface area contributed by atoms with E-state index in [0.29, 0.717) is 5.02 Å². The van der Waals surface area contributed by atoms with Gasteiger partial charge in [-0.2, -0.15) is 0 Å². The number of benzene rings is 1. The molecule has 0 amide bonds. The summed E-state index contributed by atoms with van der Waals surface area (Å²) in [6.07, 6.45) is 0. The van der Waals surface area contributed by atoms with Crippen LogP contribution < -0.4 is 0 Å². The van der Waals surface area contributed by atoms with Crippen LogP contribution in [0.1, 0.15) is 5.56 Å². The molecule has 0 aliphatic carbocycles. The summed E-state index contributed by atoms with van der Waals surface area (Å²) in [5, 5.41) is 1.41. The third-order valence-electron chi connectivity index (χ3n) is 1.13. The SMILES string of the molecule is Cc1ccc(Cl)cc1Cl.Cl.Cl. The number of hydrogen-bond acceptors (Lipinski definition) is 0. The molecule has 0 spiro atoms. The van der Waals surface area contributed by atoms with Crippen molar-refractivity contribution in [1.82, 2.24) is 0 Å². The summed E-state index contributed by atoms with van der Waals surface area (Å²) in [6, 6.07) is 5.45. The number of rotatable bonds is 0. The molecular formula is C7H8Cl4. The Bertz CT molecular complexity index is 222. The fourth-order valence-electron chi connectivity index (χ4n) is 0.567. The van der Waals surface area contributed by atoms with Crippen molar-refractivity contribution in [2.75, 3.05) is 0 Å². The first kappa shape index (κ1) is 13.9. The van der Waals surface area contributed by atoms with Crippen LogP contribution in [-0.4, -0.2) is 0 Å². The minimum atomic E-state index is 0. The summed E-state index contributed by atoms with van der Waals surface area (Å²) < 4.78 is 0. The maximum atomic E-state index is 5.73. The fraction of sp³-hybridized carbons (Fsp3) is 0.143. The Morgan fingerprint density at radius 1 is 1.09 bits per heavy atom. The van der Waals surface area contributed by atoms with E-state index in [1.54, 1.807) is 6.07 Å². The van der Waals surface area contributed by atoms with Crippen molar-refractivity contribution in [2.24, 2.45) is 0 Å². The third kappa shape index (κ3) is 4.07. The molecule has 11 heavy (non-hydrogen) atoms. The molecular weight excluding hydrogens is 226 g/mol. The molecule has 0 aromatic heterocycles. The maximum absolute atomic E-state index is 5.73. The van der Waals surface area contributed by atoms with E-state index in [1.807, 2.05) is 19.1 Å². The largest absolute Gasteiger partial charge is 0.147 e. The summed E-state index contributed by atoms with van der Waals surface area (Å²) in [5.74, 6) is 0. The molecule has 1 aromatic rings. The molecule has 0 aliphatic rings. The first-order chi connectivity index (χ1) is 4.20. The van der Waals surface area contributed by atoms with Crippen molar-refractivity contribution >= 4 is 48.0 Å². The minimum absolute atomic E-state index is 0. The molecule has 64 valence electrons. The Balaban J connectivity index is 0. The highest BCUT2D eigenvalue weighted by molar-refractivity contribution is 6.35. The average Bonchev–Trinajstić information content (AvgIpc) is 1.80. The molecule has 1 aromatic carbocycles. The van der Waals surface area contributed by atoms with Gasteiger partial charge >= 0.3 is 0 Å². The van der Waals surface area contributed by atoms with E-state index in [4.69, 9.17) is 23.2 Å². The predicted molar refractivity (Wildman–Crippen MR) is 55.7 cm³/mol. The number of hydrogen-bond donors (Lipinski definition) is 0. The van der Waals surface area contributed by atoms with Crippen LogP contribution >= 0.6 is 48.0 Å². The van der Waals surface area contributed by atoms with Gasteiger partial charge in [-0.25, -0.2) is 0 Å². The van der Waals surface area contributed by atoms with Crippen LogP contribution in [0.2, 0.25) is 10.0 Å². The average molecular weight is 234 g/mol. The van der Waals surface area contributed by atoms with Crippen LogP contribution in [0.5, 0.6) is 0 Å². The molecule has 1 rings (SSSR count). The van der Waals surface area contributed by atoms with E-state index in [2.05, 4.69) is 0 Å². The van der Waals surface area contributed by atoms with Crippen LogP contribution in [0.3, 0.4) is 0 Å². The third-order valence-corrected chi connectivity index (χ3v) is 1.78. The predicted octanol–water partition coefficient (Wildman–Crippen LogP) is 4.15. The summed E-state index contributed by atoms with van der Waals surface area (Å²) in [7, 11) is 0. The molecule has 0 saturated carbocycles. The van der Waals surface area contributed by atoms with Gasteiger partial charge in [0.15, 0.2) is 0 Å². The highest BCUT2D eigenvalue weighted by atomic mass is 35.5. The summed E-state index contributed by atoms with van der Waals surface area (Å²) in [5.41, 5.74) is 1.06. The monoisotopic (exact) mass is 232 g/mol. The molecule has 4 heteroatoms. The molecule has 0 aliphatic heterocycles. The van der Waals surface area contributed by atoms with Crippen LogP contribution in [0.25, 0.3) is 0 Å². The summed E-state index contributed by atoms with van der Waals surface area (Å²) in [4.78, 5) is 0. The van der Waals surface area contributed by atoms with E-state index in [1.165, 1.54) is 0 Å². The van der Waals surface area contributed by atoms with Gasteiger partial charge in [-0.1, -0.05) is 29.3 Å².